The molecule has 2 aliphatic carbocycles. The van der Waals surface area contributed by atoms with Crippen LogP contribution in [0.25, 0.3) is 0 Å². The molecule has 0 saturated carbocycles. The van der Waals surface area contributed by atoms with E-state index in [9.17, 15) is 14.9 Å². The number of fused-ring (bicyclic) bond motifs is 1. The van der Waals surface area contributed by atoms with E-state index < -0.39 is 11.9 Å². The van der Waals surface area contributed by atoms with Crippen LogP contribution in [0.3, 0.4) is 0 Å². The summed E-state index contributed by atoms with van der Waals surface area (Å²) in [5.41, 5.74) is 11.0. The van der Waals surface area contributed by atoms with Gasteiger partial charge in [-0.05, 0) is 66.5 Å². The molecule has 0 bridgehead atoms. The number of ketones is 1. The summed E-state index contributed by atoms with van der Waals surface area (Å²) in [6.45, 7) is 0. The molecule has 0 spiro atoms. The Morgan fingerprint density at radius 2 is 2.06 bits per heavy atom. The van der Waals surface area contributed by atoms with Crippen molar-refractivity contribution in [1.29, 1.82) is 5.26 Å². The molecule has 0 aromatic carbocycles. The molecule has 5 rings (SSSR count). The zero-order valence-electron chi connectivity index (χ0n) is 17.8. The second kappa shape index (κ2) is 8.23. The molecule has 1 atom stereocenters. The first-order valence-electron chi connectivity index (χ1n) is 10.8. The maximum absolute atomic E-state index is 13.2. The molecule has 8 heteroatoms. The van der Waals surface area contributed by atoms with Crippen molar-refractivity contribution in [2.45, 2.75) is 50.9 Å². The van der Waals surface area contributed by atoms with E-state index in [1.165, 1.54) is 23.3 Å². The van der Waals surface area contributed by atoms with E-state index >= 15 is 0 Å². The van der Waals surface area contributed by atoms with E-state index in [0.29, 0.717) is 40.4 Å². The molecule has 0 fully saturated rings. The second-order valence-electron chi connectivity index (χ2n) is 8.26. The monoisotopic (exact) mass is 465 g/mol. The summed E-state index contributed by atoms with van der Waals surface area (Å²) >= 11 is 3.08. The number of carbonyl (C=O) groups excluding carboxylic acids is 2. The summed E-state index contributed by atoms with van der Waals surface area (Å²) < 4.78 is 5.16. The summed E-state index contributed by atoms with van der Waals surface area (Å²) in [5.74, 6) is -0.494. The molecule has 3 aliphatic rings. The number of methoxy groups -OCH3 is 1. The van der Waals surface area contributed by atoms with Crippen LogP contribution in [-0.4, -0.2) is 18.9 Å². The van der Waals surface area contributed by atoms with E-state index in [4.69, 9.17) is 10.5 Å². The number of nitrogens with zero attached hydrogens (tertiary/aromatic N) is 2. The Labute approximate surface area is 194 Å². The Hall–Kier alpha value is -2.89. The number of carbonyl (C=O) groups is 2. The minimum atomic E-state index is -0.457. The number of ether oxygens (including phenoxy) is 1. The van der Waals surface area contributed by atoms with Gasteiger partial charge in [0, 0.05) is 22.6 Å². The molecule has 0 amide bonds. The van der Waals surface area contributed by atoms with Gasteiger partial charge in [0.1, 0.15) is 10.8 Å². The lowest BCUT2D eigenvalue weighted by atomic mass is 9.76. The standard InChI is InChI=1S/C24H23N3O3S2/c1-30-24(29)20-14-5-2-3-8-18(14)32-23(20)27-16-6-4-7-17(28)21(16)19(13-9-10-31-12-13)15(11-25)22(27)26/h9-10,12,19H,2-8,26H2,1H3/t19-/m1/s1. The maximum atomic E-state index is 13.2. The van der Waals surface area contributed by atoms with Crippen LogP contribution in [0.15, 0.2) is 39.5 Å². The lowest BCUT2D eigenvalue weighted by Crippen LogP contribution is -2.39. The Morgan fingerprint density at radius 1 is 1.25 bits per heavy atom. The van der Waals surface area contributed by atoms with Gasteiger partial charge in [-0.25, -0.2) is 4.79 Å². The second-order valence-corrected chi connectivity index (χ2v) is 10.1. The van der Waals surface area contributed by atoms with Crippen molar-refractivity contribution in [3.8, 4) is 6.07 Å². The molecular formula is C24H23N3O3S2. The number of nitriles is 1. The summed E-state index contributed by atoms with van der Waals surface area (Å²) in [7, 11) is 1.39. The van der Waals surface area contributed by atoms with Gasteiger partial charge in [-0.1, -0.05) is 0 Å². The van der Waals surface area contributed by atoms with Crippen LogP contribution in [0.1, 0.15) is 64.4 Å². The maximum Gasteiger partial charge on any atom is 0.341 e. The van der Waals surface area contributed by atoms with Gasteiger partial charge in [-0.3, -0.25) is 9.69 Å². The van der Waals surface area contributed by atoms with Crippen molar-refractivity contribution < 1.29 is 14.3 Å². The average molecular weight is 466 g/mol. The number of rotatable bonds is 3. The van der Waals surface area contributed by atoms with Crippen molar-refractivity contribution >= 4 is 39.4 Å². The van der Waals surface area contributed by atoms with Gasteiger partial charge >= 0.3 is 5.97 Å². The van der Waals surface area contributed by atoms with Crippen LogP contribution in [0, 0.1) is 11.3 Å². The van der Waals surface area contributed by atoms with Gasteiger partial charge in [0.25, 0.3) is 0 Å². The molecule has 2 aromatic rings. The molecule has 2 aromatic heterocycles. The number of hydrogen-bond donors (Lipinski definition) is 1. The predicted molar refractivity (Wildman–Crippen MR) is 125 cm³/mol. The highest BCUT2D eigenvalue weighted by Gasteiger charge is 2.42. The Morgan fingerprint density at radius 3 is 2.78 bits per heavy atom. The first-order valence-corrected chi connectivity index (χ1v) is 12.5. The zero-order valence-corrected chi connectivity index (χ0v) is 19.4. The van der Waals surface area contributed by atoms with E-state index in [1.54, 1.807) is 11.3 Å². The fraction of sp³-hybridized carbons (Fsp3) is 0.375. The third kappa shape index (κ3) is 3.11. The third-order valence-corrected chi connectivity index (χ3v) is 8.51. The van der Waals surface area contributed by atoms with Crippen molar-refractivity contribution in [2.75, 3.05) is 12.0 Å². The molecule has 1 aliphatic heterocycles. The van der Waals surface area contributed by atoms with Crippen LogP contribution < -0.4 is 10.6 Å². The van der Waals surface area contributed by atoms with E-state index in [0.717, 1.165) is 48.9 Å². The smallest absolute Gasteiger partial charge is 0.341 e. The number of anilines is 1. The van der Waals surface area contributed by atoms with Crippen molar-refractivity contribution in [1.82, 2.24) is 0 Å². The number of nitrogens with two attached hydrogens (primary N) is 1. The number of aryl methyl sites for hydroxylation is 1. The summed E-state index contributed by atoms with van der Waals surface area (Å²) in [6.07, 6.45) is 5.68. The van der Waals surface area contributed by atoms with Gasteiger partial charge in [0.15, 0.2) is 5.78 Å². The molecule has 164 valence electrons. The van der Waals surface area contributed by atoms with E-state index in [1.807, 2.05) is 21.7 Å². The highest BCUT2D eigenvalue weighted by atomic mass is 32.1. The Balaban J connectivity index is 1.78. The largest absolute Gasteiger partial charge is 0.465 e. The van der Waals surface area contributed by atoms with Gasteiger partial charge in [0.2, 0.25) is 0 Å². The van der Waals surface area contributed by atoms with Crippen LogP contribution in [0.4, 0.5) is 5.00 Å². The minimum absolute atomic E-state index is 0.0497. The molecule has 2 N–H and O–H groups in total. The summed E-state index contributed by atoms with van der Waals surface area (Å²) in [6, 6.07) is 4.24. The number of hydrogen-bond acceptors (Lipinski definition) is 8. The van der Waals surface area contributed by atoms with Gasteiger partial charge in [-0.15, -0.1) is 11.3 Å². The van der Waals surface area contributed by atoms with Crippen LogP contribution in [-0.2, 0) is 22.4 Å². The van der Waals surface area contributed by atoms with Crippen LogP contribution in [0.5, 0.6) is 0 Å². The average Bonchev–Trinajstić information content (AvgIpc) is 3.46. The van der Waals surface area contributed by atoms with Crippen LogP contribution >= 0.6 is 22.7 Å². The zero-order chi connectivity index (χ0) is 22.4. The van der Waals surface area contributed by atoms with Gasteiger partial charge in [0.05, 0.1) is 30.2 Å². The van der Waals surface area contributed by atoms with Crippen molar-refractivity contribution in [2.24, 2.45) is 5.73 Å². The van der Waals surface area contributed by atoms with E-state index in [2.05, 4.69) is 6.07 Å². The lowest BCUT2D eigenvalue weighted by Gasteiger charge is -2.39. The Bertz CT molecular complexity index is 1210. The third-order valence-electron chi connectivity index (χ3n) is 6.54. The highest BCUT2D eigenvalue weighted by Crippen LogP contribution is 2.50. The molecule has 0 unspecified atom stereocenters. The fourth-order valence-electron chi connectivity index (χ4n) is 5.11. The Kier molecular flexibility index (Phi) is 5.39. The molecule has 32 heavy (non-hydrogen) atoms. The SMILES string of the molecule is COC(=O)c1c(N2C(N)=C(C#N)[C@@H](c3ccsc3)C3=C2CCCC3=O)sc2c1CCCC2. The number of thiophene rings is 2. The van der Waals surface area contributed by atoms with Crippen molar-refractivity contribution in [3.63, 3.8) is 0 Å². The molecule has 3 heterocycles. The molecule has 6 nitrogen and oxygen atoms in total. The fourth-order valence-corrected chi connectivity index (χ4v) is 7.21. The summed E-state index contributed by atoms with van der Waals surface area (Å²) in [4.78, 5) is 29.1. The lowest BCUT2D eigenvalue weighted by molar-refractivity contribution is -0.116. The van der Waals surface area contributed by atoms with Gasteiger partial charge < -0.3 is 10.5 Å². The normalized spacial score (nSPS) is 20.7. The van der Waals surface area contributed by atoms with Gasteiger partial charge in [-0.2, -0.15) is 16.6 Å². The topological polar surface area (TPSA) is 96.4 Å². The minimum Gasteiger partial charge on any atom is -0.465 e. The summed E-state index contributed by atoms with van der Waals surface area (Å²) in [5, 5.41) is 14.7. The predicted octanol–water partition coefficient (Wildman–Crippen LogP) is 4.78. The highest BCUT2D eigenvalue weighted by molar-refractivity contribution is 7.16. The molecular weight excluding hydrogens is 442 g/mol. The molecule has 0 saturated heterocycles. The van der Waals surface area contributed by atoms with Crippen LogP contribution in [0.2, 0.25) is 0 Å². The quantitative estimate of drug-likeness (QED) is 0.656. The first kappa shape index (κ1) is 21.0. The first-order chi connectivity index (χ1) is 15.6. The number of Topliss-reactive ketones (excluding diaryl/α,β-unsaturated/α-hetero) is 1. The number of esters is 1. The van der Waals surface area contributed by atoms with E-state index in [-0.39, 0.29) is 5.78 Å². The number of allylic oxidation sites excluding steroid dienone is 3. The molecule has 0 radical (unpaired) electrons. The van der Waals surface area contributed by atoms with Crippen molar-refractivity contribution in [3.05, 3.63) is 61.1 Å².